The van der Waals surface area contributed by atoms with Gasteiger partial charge in [-0.2, -0.15) is 4.99 Å². The highest BCUT2D eigenvalue weighted by Crippen LogP contribution is 2.27. The number of esters is 2. The van der Waals surface area contributed by atoms with Crippen LogP contribution in [0.15, 0.2) is 30.3 Å². The maximum Gasteiger partial charge on any atom is 0.333 e. The molecule has 0 saturated carbocycles. The van der Waals surface area contributed by atoms with Crippen LogP contribution in [0.3, 0.4) is 0 Å². The highest BCUT2D eigenvalue weighted by atomic mass is 16.7. The molecule has 0 aromatic rings. The predicted molar refractivity (Wildman–Crippen MR) is 67.8 cm³/mol. The highest BCUT2D eigenvalue weighted by molar-refractivity contribution is 5.83. The van der Waals surface area contributed by atoms with E-state index in [0.717, 1.165) is 12.2 Å². The minimum atomic E-state index is -1.66. The monoisotopic (exact) mass is 267 g/mol. The number of carbonyl (C=O) groups excluding carboxylic acids is 3. The second-order valence-electron chi connectivity index (χ2n) is 3.71. The minimum absolute atomic E-state index is 0.179. The summed E-state index contributed by atoms with van der Waals surface area (Å²) in [6, 6.07) is -0.891. The van der Waals surface area contributed by atoms with Crippen molar-refractivity contribution in [3.05, 3.63) is 25.3 Å². The molecule has 1 unspecified atom stereocenters. The van der Waals surface area contributed by atoms with Gasteiger partial charge in [0.25, 0.3) is 5.79 Å². The third-order valence-electron chi connectivity index (χ3n) is 2.36. The van der Waals surface area contributed by atoms with Crippen molar-refractivity contribution in [3.8, 4) is 0 Å². The topological polar surface area (TPSA) is 82.0 Å². The number of nitrogens with zero attached hydrogens (tertiary/aromatic N) is 1. The number of aliphatic imine (C=N–C) groups is 1. The van der Waals surface area contributed by atoms with E-state index in [-0.39, 0.29) is 6.42 Å². The molecule has 0 heterocycles. The van der Waals surface area contributed by atoms with E-state index in [2.05, 4.69) is 18.2 Å². The Kier molecular flexibility index (Phi) is 7.07. The summed E-state index contributed by atoms with van der Waals surface area (Å²) >= 11 is 0. The molecule has 1 atom stereocenters. The fourth-order valence-electron chi connectivity index (χ4n) is 1.45. The van der Waals surface area contributed by atoms with Crippen LogP contribution in [0.5, 0.6) is 0 Å². The van der Waals surface area contributed by atoms with Crippen LogP contribution in [-0.2, 0) is 23.9 Å². The molecule has 6 nitrogen and oxygen atoms in total. The molecule has 0 radical (unpaired) electrons. The SMILES string of the molecule is C=CC(=O)OC(CCC)(OC(=O)C=C)C(C)N=C=O. The van der Waals surface area contributed by atoms with E-state index < -0.39 is 23.8 Å². The van der Waals surface area contributed by atoms with Crippen LogP contribution in [0.2, 0.25) is 0 Å². The fraction of sp³-hybridized carbons (Fsp3) is 0.462. The van der Waals surface area contributed by atoms with Crippen LogP contribution >= 0.6 is 0 Å². The van der Waals surface area contributed by atoms with E-state index in [9.17, 15) is 14.4 Å². The van der Waals surface area contributed by atoms with E-state index in [4.69, 9.17) is 9.47 Å². The maximum atomic E-state index is 11.4. The molecule has 0 N–H and O–H groups in total. The highest BCUT2D eigenvalue weighted by Gasteiger charge is 2.43. The molecular formula is C13H17NO5. The number of rotatable bonds is 8. The molecule has 104 valence electrons. The summed E-state index contributed by atoms with van der Waals surface area (Å²) in [6.45, 7) is 9.81. The average molecular weight is 267 g/mol. The van der Waals surface area contributed by atoms with Gasteiger partial charge in [-0.25, -0.2) is 14.4 Å². The van der Waals surface area contributed by atoms with Crippen molar-refractivity contribution in [2.24, 2.45) is 4.99 Å². The Labute approximate surface area is 111 Å². The van der Waals surface area contributed by atoms with E-state index in [1.165, 1.54) is 13.0 Å². The molecule has 0 bridgehead atoms. The first-order chi connectivity index (χ1) is 8.95. The summed E-state index contributed by atoms with van der Waals surface area (Å²) in [5.74, 6) is -3.22. The minimum Gasteiger partial charge on any atom is -0.417 e. The largest absolute Gasteiger partial charge is 0.417 e. The number of isocyanates is 1. The molecule has 0 amide bonds. The van der Waals surface area contributed by atoms with Crippen molar-refractivity contribution in [3.63, 3.8) is 0 Å². The van der Waals surface area contributed by atoms with Crippen LogP contribution < -0.4 is 0 Å². The Bertz CT molecular complexity index is 387. The molecule has 19 heavy (non-hydrogen) atoms. The molecule has 0 saturated heterocycles. The van der Waals surface area contributed by atoms with Crippen molar-refractivity contribution >= 4 is 18.0 Å². The van der Waals surface area contributed by atoms with Gasteiger partial charge in [-0.3, -0.25) is 0 Å². The van der Waals surface area contributed by atoms with Gasteiger partial charge >= 0.3 is 11.9 Å². The first kappa shape index (κ1) is 16.8. The van der Waals surface area contributed by atoms with E-state index in [1.54, 1.807) is 6.92 Å². The van der Waals surface area contributed by atoms with E-state index in [0.29, 0.717) is 6.42 Å². The molecule has 0 spiro atoms. The standard InChI is InChI=1S/C13H17NO5/c1-5-8-13(10(4)14-9-15,18-11(16)6-2)19-12(17)7-3/h6-7,10H,2-3,5,8H2,1,4H3. The molecule has 6 heteroatoms. The van der Waals surface area contributed by atoms with Gasteiger partial charge in [0.05, 0.1) is 0 Å². The average Bonchev–Trinajstić information content (AvgIpc) is 2.38. The lowest BCUT2D eigenvalue weighted by Crippen LogP contribution is -2.47. The van der Waals surface area contributed by atoms with Gasteiger partial charge in [0.2, 0.25) is 6.08 Å². The lowest BCUT2D eigenvalue weighted by molar-refractivity contribution is -0.231. The van der Waals surface area contributed by atoms with Gasteiger partial charge in [0.15, 0.2) is 0 Å². The number of ether oxygens (including phenoxy) is 2. The molecule has 0 aromatic carbocycles. The lowest BCUT2D eigenvalue weighted by atomic mass is 10.0. The van der Waals surface area contributed by atoms with E-state index in [1.807, 2.05) is 0 Å². The van der Waals surface area contributed by atoms with Gasteiger partial charge in [0, 0.05) is 18.6 Å². The Morgan fingerprint density at radius 3 is 2.11 bits per heavy atom. The smallest absolute Gasteiger partial charge is 0.333 e. The van der Waals surface area contributed by atoms with Crippen LogP contribution in [0, 0.1) is 0 Å². The van der Waals surface area contributed by atoms with Gasteiger partial charge in [-0.1, -0.05) is 20.1 Å². The summed E-state index contributed by atoms with van der Waals surface area (Å²) in [5.41, 5.74) is 0. The Morgan fingerprint density at radius 2 is 1.79 bits per heavy atom. The Morgan fingerprint density at radius 1 is 1.32 bits per heavy atom. The zero-order valence-electron chi connectivity index (χ0n) is 11.0. The normalized spacial score (nSPS) is 11.7. The number of carbonyl (C=O) groups is 2. The van der Waals surface area contributed by atoms with Crippen molar-refractivity contribution in [1.82, 2.24) is 0 Å². The van der Waals surface area contributed by atoms with Crippen LogP contribution in [0.4, 0.5) is 0 Å². The van der Waals surface area contributed by atoms with Crippen molar-refractivity contribution in [1.29, 1.82) is 0 Å². The van der Waals surface area contributed by atoms with Crippen molar-refractivity contribution in [2.75, 3.05) is 0 Å². The Hall–Kier alpha value is -2.20. The first-order valence-corrected chi connectivity index (χ1v) is 5.73. The predicted octanol–water partition coefficient (Wildman–Crippen LogP) is 1.67. The first-order valence-electron chi connectivity index (χ1n) is 5.73. The molecule has 0 aliphatic heterocycles. The number of hydrogen-bond donors (Lipinski definition) is 0. The quantitative estimate of drug-likeness (QED) is 0.220. The number of hydrogen-bond acceptors (Lipinski definition) is 6. The molecule has 0 aliphatic rings. The van der Waals surface area contributed by atoms with Gasteiger partial charge < -0.3 is 9.47 Å². The van der Waals surface area contributed by atoms with Crippen molar-refractivity contribution < 1.29 is 23.9 Å². The van der Waals surface area contributed by atoms with Crippen LogP contribution in [-0.4, -0.2) is 29.8 Å². The summed E-state index contributed by atoms with van der Waals surface area (Å²) in [4.78, 5) is 36.6. The van der Waals surface area contributed by atoms with Gasteiger partial charge in [-0.15, -0.1) is 0 Å². The molecule has 0 fully saturated rings. The fourth-order valence-corrected chi connectivity index (χ4v) is 1.45. The lowest BCUT2D eigenvalue weighted by Gasteiger charge is -2.34. The second kappa shape index (κ2) is 8.00. The third kappa shape index (κ3) is 4.89. The molecule has 0 rings (SSSR count). The van der Waals surface area contributed by atoms with E-state index >= 15 is 0 Å². The summed E-state index contributed by atoms with van der Waals surface area (Å²) < 4.78 is 10.2. The van der Waals surface area contributed by atoms with Crippen molar-refractivity contribution in [2.45, 2.75) is 38.5 Å². The molecule has 0 aliphatic carbocycles. The molecular weight excluding hydrogens is 250 g/mol. The van der Waals surface area contributed by atoms with Gasteiger partial charge in [0.1, 0.15) is 6.04 Å². The summed E-state index contributed by atoms with van der Waals surface area (Å²) in [6.07, 6.45) is 3.94. The zero-order chi connectivity index (χ0) is 14.9. The van der Waals surface area contributed by atoms with Gasteiger partial charge in [-0.05, 0) is 13.3 Å². The summed E-state index contributed by atoms with van der Waals surface area (Å²) in [7, 11) is 0. The second-order valence-corrected chi connectivity index (χ2v) is 3.71. The van der Waals surface area contributed by atoms with Crippen LogP contribution in [0.25, 0.3) is 0 Å². The maximum absolute atomic E-state index is 11.4. The van der Waals surface area contributed by atoms with Crippen LogP contribution in [0.1, 0.15) is 26.7 Å². The Balaban J connectivity index is 5.48. The molecule has 0 aromatic heterocycles. The summed E-state index contributed by atoms with van der Waals surface area (Å²) in [5, 5.41) is 0. The zero-order valence-corrected chi connectivity index (χ0v) is 11.0. The third-order valence-corrected chi connectivity index (χ3v) is 2.36.